The fourth-order valence-electron chi connectivity index (χ4n) is 3.52. The number of allylic oxidation sites excluding steroid dienone is 6. The van der Waals surface area contributed by atoms with Crippen LogP contribution in [0.25, 0.3) is 11.4 Å². The summed E-state index contributed by atoms with van der Waals surface area (Å²) in [5.74, 6) is 1.34. The minimum absolute atomic E-state index is 0.103. The quantitative estimate of drug-likeness (QED) is 0.420. The Kier molecular flexibility index (Phi) is 7.03. The van der Waals surface area contributed by atoms with Crippen LogP contribution < -0.4 is 10.3 Å². The fraction of sp³-hybridized carbons (Fsp3) is 0.185. The summed E-state index contributed by atoms with van der Waals surface area (Å²) in [4.78, 5) is 17.9. The standard InChI is InChI=1S/C27H23BrN2O2/c1-20-25(28)27(31)30(18-17-21-11-5-2-3-6-12-21)26(29-20)23-15-9-10-16-24(23)32-19-22-13-7-4-8-14-22/h2-9,11-15,21H,17-19H2,1H3. The topological polar surface area (TPSA) is 44.1 Å². The largest absolute Gasteiger partial charge is 0.480 e. The molecule has 0 saturated heterocycles. The van der Waals surface area contributed by atoms with Gasteiger partial charge in [0.1, 0.15) is 16.9 Å². The predicted molar refractivity (Wildman–Crippen MR) is 130 cm³/mol. The number of aryl methyl sites for hydroxylation is 1. The molecule has 0 aliphatic heterocycles. The van der Waals surface area contributed by atoms with Gasteiger partial charge in [0, 0.05) is 6.54 Å². The van der Waals surface area contributed by atoms with Crippen molar-refractivity contribution >= 4 is 15.9 Å². The second-order valence-corrected chi connectivity index (χ2v) is 8.31. The van der Waals surface area contributed by atoms with Gasteiger partial charge in [-0.3, -0.25) is 9.36 Å². The summed E-state index contributed by atoms with van der Waals surface area (Å²) in [6.07, 6.45) is 13.1. The average molecular weight is 487 g/mol. The SMILES string of the molecule is Cc1nc(-c2ccc#cc2OCc2ccccc2)n(CCC2C=CC=CC=C2)c(=O)c1Br. The summed E-state index contributed by atoms with van der Waals surface area (Å²) < 4.78 is 8.27. The van der Waals surface area contributed by atoms with E-state index < -0.39 is 0 Å². The second-order valence-electron chi connectivity index (χ2n) is 7.52. The molecule has 0 radical (unpaired) electrons. The molecule has 0 atom stereocenters. The van der Waals surface area contributed by atoms with Crippen LogP contribution >= 0.6 is 15.9 Å². The molecule has 4 nitrogen and oxygen atoms in total. The third-order valence-electron chi connectivity index (χ3n) is 5.25. The normalized spacial score (nSPS) is 13.1. The smallest absolute Gasteiger partial charge is 0.268 e. The van der Waals surface area contributed by atoms with Crippen LogP contribution in [-0.2, 0) is 13.2 Å². The Hall–Kier alpha value is -3.36. The minimum Gasteiger partial charge on any atom is -0.480 e. The average Bonchev–Trinajstić information content (AvgIpc) is 3.10. The molecular formula is C27H23BrN2O2. The molecule has 160 valence electrons. The Labute approximate surface area is 196 Å². The zero-order chi connectivity index (χ0) is 22.3. The Morgan fingerprint density at radius 1 is 1.09 bits per heavy atom. The molecule has 0 amide bonds. The summed E-state index contributed by atoms with van der Waals surface area (Å²) in [5.41, 5.74) is 2.31. The molecule has 0 fully saturated rings. The van der Waals surface area contributed by atoms with Crippen LogP contribution in [0.3, 0.4) is 0 Å². The van der Waals surface area contributed by atoms with E-state index in [1.807, 2.05) is 67.6 Å². The highest BCUT2D eigenvalue weighted by atomic mass is 79.9. The Morgan fingerprint density at radius 2 is 1.84 bits per heavy atom. The number of nitrogens with zero attached hydrogens (tertiary/aromatic N) is 2. The van der Waals surface area contributed by atoms with Crippen LogP contribution in [0.5, 0.6) is 5.75 Å². The molecule has 1 aliphatic carbocycles. The number of aromatic nitrogens is 2. The molecule has 2 aromatic carbocycles. The van der Waals surface area contributed by atoms with Crippen LogP contribution in [0, 0.1) is 25.0 Å². The van der Waals surface area contributed by atoms with Gasteiger partial charge in [0.15, 0.2) is 5.75 Å². The van der Waals surface area contributed by atoms with Crippen molar-refractivity contribution in [3.8, 4) is 17.1 Å². The van der Waals surface area contributed by atoms with Crippen LogP contribution in [0.4, 0.5) is 0 Å². The fourth-order valence-corrected chi connectivity index (χ4v) is 3.83. The Bertz CT molecular complexity index is 1210. The predicted octanol–water partition coefficient (Wildman–Crippen LogP) is 5.85. The van der Waals surface area contributed by atoms with E-state index in [1.54, 1.807) is 10.6 Å². The molecule has 3 aromatic rings. The molecule has 32 heavy (non-hydrogen) atoms. The molecule has 1 heterocycles. The maximum absolute atomic E-state index is 13.2. The van der Waals surface area contributed by atoms with Gasteiger partial charge in [-0.15, -0.1) is 0 Å². The van der Waals surface area contributed by atoms with Crippen molar-refractivity contribution in [2.24, 2.45) is 5.92 Å². The molecule has 1 aromatic heterocycles. The molecule has 1 aliphatic rings. The Morgan fingerprint density at radius 3 is 2.59 bits per heavy atom. The van der Waals surface area contributed by atoms with Gasteiger partial charge in [-0.25, -0.2) is 4.98 Å². The number of ether oxygens (including phenoxy) is 1. The summed E-state index contributed by atoms with van der Waals surface area (Å²) in [7, 11) is 0. The van der Waals surface area contributed by atoms with Crippen molar-refractivity contribution in [1.82, 2.24) is 9.55 Å². The van der Waals surface area contributed by atoms with E-state index in [9.17, 15) is 4.79 Å². The van der Waals surface area contributed by atoms with Gasteiger partial charge < -0.3 is 4.74 Å². The molecule has 0 unspecified atom stereocenters. The van der Waals surface area contributed by atoms with Gasteiger partial charge >= 0.3 is 0 Å². The molecule has 5 heteroatoms. The highest BCUT2D eigenvalue weighted by Gasteiger charge is 2.18. The molecule has 4 rings (SSSR count). The lowest BCUT2D eigenvalue weighted by molar-refractivity contribution is 0.307. The summed E-state index contributed by atoms with van der Waals surface area (Å²) in [6, 6.07) is 19.6. The van der Waals surface area contributed by atoms with E-state index in [1.165, 1.54) is 0 Å². The Balaban J connectivity index is 1.68. The first-order valence-electron chi connectivity index (χ1n) is 10.5. The van der Waals surface area contributed by atoms with Crippen LogP contribution in [0.2, 0.25) is 0 Å². The number of hydrogen-bond acceptors (Lipinski definition) is 3. The van der Waals surface area contributed by atoms with E-state index in [0.717, 1.165) is 17.5 Å². The van der Waals surface area contributed by atoms with Crippen molar-refractivity contribution in [2.45, 2.75) is 26.5 Å². The number of benzene rings is 1. The van der Waals surface area contributed by atoms with Crippen LogP contribution in [0.15, 0.2) is 88.2 Å². The van der Waals surface area contributed by atoms with Crippen LogP contribution in [-0.4, -0.2) is 9.55 Å². The first-order chi connectivity index (χ1) is 15.6. The third kappa shape index (κ3) is 5.09. The monoisotopic (exact) mass is 486 g/mol. The summed E-state index contributed by atoms with van der Waals surface area (Å²) >= 11 is 3.42. The second kappa shape index (κ2) is 10.3. The van der Waals surface area contributed by atoms with Gasteiger partial charge in [0.05, 0.1) is 11.3 Å². The molecule has 0 N–H and O–H groups in total. The van der Waals surface area contributed by atoms with E-state index in [2.05, 4.69) is 40.2 Å². The van der Waals surface area contributed by atoms with E-state index >= 15 is 0 Å². The highest BCUT2D eigenvalue weighted by molar-refractivity contribution is 9.10. The van der Waals surface area contributed by atoms with Crippen molar-refractivity contribution in [2.75, 3.05) is 0 Å². The lowest BCUT2D eigenvalue weighted by Gasteiger charge is -2.17. The molecule has 0 spiro atoms. The highest BCUT2D eigenvalue weighted by Crippen LogP contribution is 2.28. The first-order valence-corrected chi connectivity index (χ1v) is 11.3. The van der Waals surface area contributed by atoms with Crippen molar-refractivity contribution in [1.29, 1.82) is 0 Å². The van der Waals surface area contributed by atoms with Crippen LogP contribution in [0.1, 0.15) is 17.7 Å². The first kappa shape index (κ1) is 21.9. The van der Waals surface area contributed by atoms with E-state index in [4.69, 9.17) is 9.72 Å². The number of rotatable bonds is 7. The summed E-state index contributed by atoms with van der Waals surface area (Å²) in [6.45, 7) is 2.74. The molecule has 0 saturated carbocycles. The number of halogens is 1. The zero-order valence-corrected chi connectivity index (χ0v) is 19.4. The van der Waals surface area contributed by atoms with Crippen molar-refractivity contribution in [3.05, 3.63) is 117 Å². The van der Waals surface area contributed by atoms with Crippen molar-refractivity contribution in [3.63, 3.8) is 0 Å². The van der Waals surface area contributed by atoms with Gasteiger partial charge in [-0.05, 0) is 59.0 Å². The van der Waals surface area contributed by atoms with Gasteiger partial charge in [-0.1, -0.05) is 72.9 Å². The third-order valence-corrected chi connectivity index (χ3v) is 6.16. The lowest BCUT2D eigenvalue weighted by Crippen LogP contribution is -2.26. The van der Waals surface area contributed by atoms with E-state index in [0.29, 0.717) is 34.9 Å². The lowest BCUT2D eigenvalue weighted by atomic mass is 10.0. The zero-order valence-electron chi connectivity index (χ0n) is 17.8. The van der Waals surface area contributed by atoms with Gasteiger partial charge in [0.2, 0.25) is 0 Å². The van der Waals surface area contributed by atoms with Gasteiger partial charge in [-0.2, -0.15) is 0 Å². The maximum Gasteiger partial charge on any atom is 0.268 e. The number of hydrogen-bond donors (Lipinski definition) is 0. The van der Waals surface area contributed by atoms with E-state index in [-0.39, 0.29) is 11.5 Å². The molecule has 0 bridgehead atoms. The van der Waals surface area contributed by atoms with Gasteiger partial charge in [0.25, 0.3) is 5.56 Å². The summed E-state index contributed by atoms with van der Waals surface area (Å²) in [5, 5.41) is 0. The van der Waals surface area contributed by atoms with Crippen molar-refractivity contribution < 1.29 is 4.74 Å². The maximum atomic E-state index is 13.2. The minimum atomic E-state index is -0.103. The molecular weight excluding hydrogens is 464 g/mol.